The maximum absolute atomic E-state index is 6.05. The Morgan fingerprint density at radius 1 is 1.40 bits per heavy atom. The summed E-state index contributed by atoms with van der Waals surface area (Å²) in [5.74, 6) is 2.53. The number of halogens is 1. The van der Waals surface area contributed by atoms with Crippen molar-refractivity contribution in [1.82, 2.24) is 0 Å². The molecule has 0 amide bonds. The van der Waals surface area contributed by atoms with E-state index < -0.39 is 0 Å². The van der Waals surface area contributed by atoms with Crippen molar-refractivity contribution < 1.29 is 0 Å². The molecule has 0 unspecified atom stereocenters. The van der Waals surface area contributed by atoms with Crippen LogP contribution < -0.4 is 5.32 Å². The van der Waals surface area contributed by atoms with E-state index in [4.69, 9.17) is 18.0 Å². The highest BCUT2D eigenvalue weighted by atomic mass is 35.5. The monoisotopic (exact) mass is 221 g/mol. The molecule has 0 heterocycles. The van der Waals surface area contributed by atoms with Gasteiger partial charge in [-0.25, -0.2) is 0 Å². The molecule has 0 saturated carbocycles. The van der Waals surface area contributed by atoms with Crippen LogP contribution in [0.5, 0.6) is 0 Å². The van der Waals surface area contributed by atoms with Crippen molar-refractivity contribution >= 4 is 17.3 Å². The summed E-state index contributed by atoms with van der Waals surface area (Å²) in [6.07, 6.45) is 5.19. The third kappa shape index (κ3) is 3.18. The molecule has 0 aliphatic heterocycles. The molecule has 0 bridgehead atoms. The molecule has 1 nitrogen and oxygen atoms in total. The maximum atomic E-state index is 6.05. The molecule has 1 aromatic carbocycles. The molecule has 1 N–H and O–H groups in total. The van der Waals surface area contributed by atoms with Gasteiger partial charge in [0.05, 0.1) is 17.3 Å². The van der Waals surface area contributed by atoms with Crippen LogP contribution in [-0.2, 0) is 5.41 Å². The normalized spacial score (nSPS) is 10.9. The van der Waals surface area contributed by atoms with Gasteiger partial charge in [-0.15, -0.1) is 6.42 Å². The molecule has 2 heteroatoms. The van der Waals surface area contributed by atoms with Crippen molar-refractivity contribution in [3.63, 3.8) is 0 Å². The topological polar surface area (TPSA) is 12.0 Å². The fourth-order valence-electron chi connectivity index (χ4n) is 1.27. The molecular formula is C13H16ClN. The molecule has 0 atom stereocenters. The molecule has 0 fully saturated rings. The van der Waals surface area contributed by atoms with Crippen LogP contribution in [0, 0.1) is 12.3 Å². The average Bonchev–Trinajstić information content (AvgIpc) is 2.15. The van der Waals surface area contributed by atoms with Gasteiger partial charge in [-0.1, -0.05) is 44.4 Å². The molecule has 0 aliphatic carbocycles. The van der Waals surface area contributed by atoms with E-state index in [1.165, 1.54) is 5.56 Å². The van der Waals surface area contributed by atoms with Gasteiger partial charge in [0.2, 0.25) is 0 Å². The summed E-state index contributed by atoms with van der Waals surface area (Å²) in [5.41, 5.74) is 2.27. The molecule has 1 rings (SSSR count). The third-order valence-corrected chi connectivity index (χ3v) is 2.54. The Balaban J connectivity index is 3.01. The van der Waals surface area contributed by atoms with E-state index >= 15 is 0 Å². The predicted octanol–water partition coefficient (Wildman–Crippen LogP) is 3.68. The van der Waals surface area contributed by atoms with E-state index in [0.717, 1.165) is 5.69 Å². The highest BCUT2D eigenvalue weighted by molar-refractivity contribution is 6.33. The first-order valence-electron chi connectivity index (χ1n) is 4.92. The Hall–Kier alpha value is -1.13. The summed E-state index contributed by atoms with van der Waals surface area (Å²) in [6.45, 7) is 7.00. The minimum Gasteiger partial charge on any atom is -0.373 e. The van der Waals surface area contributed by atoms with Crippen LogP contribution in [0.25, 0.3) is 0 Å². The Morgan fingerprint density at radius 3 is 2.60 bits per heavy atom. The van der Waals surface area contributed by atoms with E-state index in [2.05, 4.69) is 38.1 Å². The smallest absolute Gasteiger partial charge is 0.0763 e. The summed E-state index contributed by atoms with van der Waals surface area (Å²) in [5, 5.41) is 3.81. The standard InChI is InChI=1S/C13H16ClN/c1-5-8-15-12-9-10(13(2,3)4)6-7-11(12)14/h1,6-7,9,15H,8H2,2-4H3. The number of rotatable bonds is 2. The van der Waals surface area contributed by atoms with Gasteiger partial charge in [0.15, 0.2) is 0 Å². The largest absolute Gasteiger partial charge is 0.373 e. The van der Waals surface area contributed by atoms with Crippen LogP contribution >= 0.6 is 11.6 Å². The fraction of sp³-hybridized carbons (Fsp3) is 0.385. The number of hydrogen-bond acceptors (Lipinski definition) is 1. The number of nitrogens with one attached hydrogen (secondary N) is 1. The zero-order chi connectivity index (χ0) is 11.5. The Kier molecular flexibility index (Phi) is 3.66. The molecule has 0 spiro atoms. The molecule has 80 valence electrons. The number of terminal acetylenes is 1. The lowest BCUT2D eigenvalue weighted by atomic mass is 9.87. The Labute approximate surface area is 96.8 Å². The van der Waals surface area contributed by atoms with Gasteiger partial charge in [-0.3, -0.25) is 0 Å². The van der Waals surface area contributed by atoms with E-state index in [0.29, 0.717) is 11.6 Å². The van der Waals surface area contributed by atoms with Crippen molar-refractivity contribution in [1.29, 1.82) is 0 Å². The van der Waals surface area contributed by atoms with Gasteiger partial charge < -0.3 is 5.32 Å². The minimum absolute atomic E-state index is 0.122. The Bertz CT molecular complexity index is 383. The summed E-state index contributed by atoms with van der Waals surface area (Å²) in [4.78, 5) is 0. The highest BCUT2D eigenvalue weighted by Gasteiger charge is 2.14. The second-order valence-electron chi connectivity index (χ2n) is 4.50. The number of hydrogen-bond donors (Lipinski definition) is 1. The van der Waals surface area contributed by atoms with Gasteiger partial charge >= 0.3 is 0 Å². The lowest BCUT2D eigenvalue weighted by Crippen LogP contribution is -2.11. The second kappa shape index (κ2) is 4.59. The van der Waals surface area contributed by atoms with Crippen LogP contribution in [0.3, 0.4) is 0 Å². The molecule has 0 aromatic heterocycles. The van der Waals surface area contributed by atoms with Crippen molar-refractivity contribution in [3.8, 4) is 12.3 Å². The average molecular weight is 222 g/mol. The summed E-state index contributed by atoms with van der Waals surface area (Å²) >= 11 is 6.05. The zero-order valence-electron chi connectivity index (χ0n) is 9.39. The van der Waals surface area contributed by atoms with E-state index in [1.807, 2.05) is 12.1 Å². The van der Waals surface area contributed by atoms with Crippen LogP contribution in [0.4, 0.5) is 5.69 Å². The highest BCUT2D eigenvalue weighted by Crippen LogP contribution is 2.29. The van der Waals surface area contributed by atoms with E-state index in [-0.39, 0.29) is 5.41 Å². The van der Waals surface area contributed by atoms with E-state index in [9.17, 15) is 0 Å². The summed E-state index contributed by atoms with van der Waals surface area (Å²) < 4.78 is 0. The third-order valence-electron chi connectivity index (χ3n) is 2.21. The first-order valence-corrected chi connectivity index (χ1v) is 5.30. The lowest BCUT2D eigenvalue weighted by Gasteiger charge is -2.20. The maximum Gasteiger partial charge on any atom is 0.0763 e. The summed E-state index contributed by atoms with van der Waals surface area (Å²) in [7, 11) is 0. The van der Waals surface area contributed by atoms with Crippen LogP contribution in [0.15, 0.2) is 18.2 Å². The van der Waals surface area contributed by atoms with Crippen molar-refractivity contribution in [2.24, 2.45) is 0 Å². The second-order valence-corrected chi connectivity index (χ2v) is 4.91. The van der Waals surface area contributed by atoms with Crippen LogP contribution in [-0.4, -0.2) is 6.54 Å². The zero-order valence-corrected chi connectivity index (χ0v) is 10.2. The molecule has 15 heavy (non-hydrogen) atoms. The van der Waals surface area contributed by atoms with Crippen LogP contribution in [0.1, 0.15) is 26.3 Å². The van der Waals surface area contributed by atoms with Crippen LogP contribution in [0.2, 0.25) is 5.02 Å². The van der Waals surface area contributed by atoms with Gasteiger partial charge in [0.1, 0.15) is 0 Å². The van der Waals surface area contributed by atoms with Crippen molar-refractivity contribution in [2.45, 2.75) is 26.2 Å². The van der Waals surface area contributed by atoms with Crippen molar-refractivity contribution in [3.05, 3.63) is 28.8 Å². The number of benzene rings is 1. The minimum atomic E-state index is 0.122. The molecule has 1 aromatic rings. The van der Waals surface area contributed by atoms with Gasteiger partial charge in [-0.05, 0) is 23.1 Å². The molecular weight excluding hydrogens is 206 g/mol. The molecule has 0 saturated heterocycles. The molecule has 0 aliphatic rings. The quantitative estimate of drug-likeness (QED) is 0.752. The predicted molar refractivity (Wildman–Crippen MR) is 67.5 cm³/mol. The Morgan fingerprint density at radius 2 is 2.07 bits per heavy atom. The first kappa shape index (κ1) is 11.9. The van der Waals surface area contributed by atoms with Gasteiger partial charge in [-0.2, -0.15) is 0 Å². The fourth-order valence-corrected chi connectivity index (χ4v) is 1.46. The van der Waals surface area contributed by atoms with Crippen molar-refractivity contribution in [2.75, 3.05) is 11.9 Å². The summed E-state index contributed by atoms with van der Waals surface area (Å²) in [6, 6.07) is 6.00. The van der Waals surface area contributed by atoms with Gasteiger partial charge in [0.25, 0.3) is 0 Å². The number of anilines is 1. The first-order chi connectivity index (χ1) is 6.95. The van der Waals surface area contributed by atoms with Gasteiger partial charge in [0, 0.05) is 0 Å². The van der Waals surface area contributed by atoms with E-state index in [1.54, 1.807) is 0 Å². The molecule has 0 radical (unpaired) electrons. The SMILES string of the molecule is C#CCNc1cc(C(C)(C)C)ccc1Cl. The lowest BCUT2D eigenvalue weighted by molar-refractivity contribution is 0.590.